The van der Waals surface area contributed by atoms with Crippen molar-refractivity contribution in [1.82, 2.24) is 14.8 Å². The van der Waals surface area contributed by atoms with Crippen LogP contribution in [0.2, 0.25) is 5.02 Å². The molecule has 2 heterocycles. The molecule has 0 fully saturated rings. The molecule has 176 valence electrons. The summed E-state index contributed by atoms with van der Waals surface area (Å²) in [5.74, 6) is 0.685. The van der Waals surface area contributed by atoms with E-state index in [2.05, 4.69) is 10.1 Å². The number of hydrogen-bond acceptors (Lipinski definition) is 6. The summed E-state index contributed by atoms with van der Waals surface area (Å²) in [5.41, 5.74) is 1.88. The van der Waals surface area contributed by atoms with Crippen LogP contribution < -0.4 is 9.64 Å². The summed E-state index contributed by atoms with van der Waals surface area (Å²) in [6, 6.07) is 20.0. The lowest BCUT2D eigenvalue weighted by Crippen LogP contribution is -2.42. The molecule has 0 saturated heterocycles. The first-order valence-electron chi connectivity index (χ1n) is 10.8. The molecular formula is C25H20ClN5O4. The van der Waals surface area contributed by atoms with Crippen LogP contribution in [0.3, 0.4) is 0 Å². The lowest BCUT2D eigenvalue weighted by molar-refractivity contribution is -0.384. The molecular weight excluding hydrogens is 470 g/mol. The van der Waals surface area contributed by atoms with E-state index >= 15 is 0 Å². The fourth-order valence-corrected chi connectivity index (χ4v) is 4.52. The number of nitro benzene ring substituents is 1. The Hall–Kier alpha value is -4.24. The van der Waals surface area contributed by atoms with E-state index in [1.165, 1.54) is 24.5 Å². The Labute approximate surface area is 205 Å². The van der Waals surface area contributed by atoms with Crippen LogP contribution in [0.5, 0.6) is 5.75 Å². The number of aromatic nitrogens is 3. The van der Waals surface area contributed by atoms with Crippen molar-refractivity contribution in [3.63, 3.8) is 0 Å². The van der Waals surface area contributed by atoms with Crippen molar-refractivity contribution in [2.75, 3.05) is 12.0 Å². The number of methoxy groups -OCH3 is 1. The van der Waals surface area contributed by atoms with Gasteiger partial charge >= 0.3 is 0 Å². The highest BCUT2D eigenvalue weighted by Gasteiger charge is 2.40. The minimum atomic E-state index is -0.522. The zero-order valence-corrected chi connectivity index (χ0v) is 19.4. The zero-order chi connectivity index (χ0) is 24.5. The number of halogens is 1. The second-order valence-electron chi connectivity index (χ2n) is 8.08. The second kappa shape index (κ2) is 9.19. The number of hydrogen-bond donors (Lipinski definition) is 0. The Bertz CT molecular complexity index is 1390. The lowest BCUT2D eigenvalue weighted by Gasteiger charge is -2.39. The Morgan fingerprint density at radius 2 is 1.74 bits per heavy atom. The zero-order valence-electron chi connectivity index (χ0n) is 18.6. The molecule has 2 atom stereocenters. The lowest BCUT2D eigenvalue weighted by atomic mass is 9.91. The highest BCUT2D eigenvalue weighted by atomic mass is 35.5. The molecule has 1 aliphatic rings. The molecule has 0 aliphatic carbocycles. The first-order chi connectivity index (χ1) is 17.0. The van der Waals surface area contributed by atoms with Gasteiger partial charge in [0.25, 0.3) is 11.6 Å². The number of nitrogens with zero attached hydrogens (tertiary/aromatic N) is 5. The molecule has 0 N–H and O–H groups in total. The first kappa shape index (κ1) is 22.5. The van der Waals surface area contributed by atoms with E-state index < -0.39 is 16.9 Å². The average molecular weight is 490 g/mol. The molecule has 5 rings (SSSR count). The van der Waals surface area contributed by atoms with E-state index in [0.717, 1.165) is 16.9 Å². The van der Waals surface area contributed by atoms with Gasteiger partial charge in [-0.3, -0.25) is 19.8 Å². The molecule has 1 amide bonds. The van der Waals surface area contributed by atoms with Crippen molar-refractivity contribution in [2.45, 2.75) is 18.5 Å². The SMILES string of the molecule is COc1ccc(C2CC(c3ccc(Cl)cc3)N(C(=O)c3cccc([N+](=O)[O-])c3)c3ncnn32)cc1. The predicted molar refractivity (Wildman–Crippen MR) is 130 cm³/mol. The maximum absolute atomic E-state index is 13.8. The van der Waals surface area contributed by atoms with Crippen LogP contribution in [-0.4, -0.2) is 32.7 Å². The molecule has 0 spiro atoms. The quantitative estimate of drug-likeness (QED) is 0.281. The summed E-state index contributed by atoms with van der Waals surface area (Å²) in [4.78, 5) is 30.5. The van der Waals surface area contributed by atoms with Crippen molar-refractivity contribution < 1.29 is 14.5 Å². The van der Waals surface area contributed by atoms with Crippen molar-refractivity contribution in [3.05, 3.63) is 111 Å². The van der Waals surface area contributed by atoms with Gasteiger partial charge in [-0.2, -0.15) is 10.1 Å². The van der Waals surface area contributed by atoms with Gasteiger partial charge in [0.2, 0.25) is 5.95 Å². The molecule has 0 bridgehead atoms. The molecule has 0 saturated carbocycles. The van der Waals surface area contributed by atoms with Gasteiger partial charge in [-0.05, 0) is 47.9 Å². The third-order valence-corrected chi connectivity index (χ3v) is 6.35. The number of carbonyl (C=O) groups excluding carboxylic acids is 1. The molecule has 4 aromatic rings. The normalized spacial score (nSPS) is 17.0. The molecule has 2 unspecified atom stereocenters. The molecule has 0 radical (unpaired) electrons. The standard InChI is InChI=1S/C25H20ClN5O4/c1-35-21-11-7-17(8-12-21)23-14-22(16-5-9-19(26)10-6-16)29(25-27-15-28-30(23)25)24(32)18-3-2-4-20(13-18)31(33)34/h2-13,15,22-23H,14H2,1H3. The van der Waals surface area contributed by atoms with E-state index in [0.29, 0.717) is 17.4 Å². The Morgan fingerprint density at radius 1 is 1.06 bits per heavy atom. The highest BCUT2D eigenvalue weighted by Crippen LogP contribution is 2.43. The van der Waals surface area contributed by atoms with Crippen molar-refractivity contribution in [3.8, 4) is 5.75 Å². The third-order valence-electron chi connectivity index (χ3n) is 6.10. The number of ether oxygens (including phenoxy) is 1. The van der Waals surface area contributed by atoms with Crippen molar-refractivity contribution in [2.24, 2.45) is 0 Å². The summed E-state index contributed by atoms with van der Waals surface area (Å²) in [6.07, 6.45) is 1.91. The molecule has 1 aliphatic heterocycles. The minimum Gasteiger partial charge on any atom is -0.497 e. The highest BCUT2D eigenvalue weighted by molar-refractivity contribution is 6.30. The Kier molecular flexibility index (Phi) is 5.92. The van der Waals surface area contributed by atoms with E-state index in [4.69, 9.17) is 16.3 Å². The number of non-ortho nitro benzene ring substituents is 1. The number of benzene rings is 3. The number of carbonyl (C=O) groups is 1. The topological polar surface area (TPSA) is 103 Å². The van der Waals surface area contributed by atoms with Crippen molar-refractivity contribution >= 4 is 29.1 Å². The van der Waals surface area contributed by atoms with Gasteiger partial charge in [-0.25, -0.2) is 4.68 Å². The van der Waals surface area contributed by atoms with Gasteiger partial charge in [0.05, 0.1) is 24.1 Å². The van der Waals surface area contributed by atoms with Crippen LogP contribution in [0.15, 0.2) is 79.1 Å². The summed E-state index contributed by atoms with van der Waals surface area (Å²) in [7, 11) is 1.61. The van der Waals surface area contributed by atoms with Crippen LogP contribution in [0.1, 0.15) is 40.0 Å². The molecule has 3 aromatic carbocycles. The minimum absolute atomic E-state index is 0.159. The van der Waals surface area contributed by atoms with Gasteiger partial charge in [0.1, 0.15) is 12.1 Å². The first-order valence-corrected chi connectivity index (χ1v) is 11.2. The van der Waals surface area contributed by atoms with E-state index in [1.807, 2.05) is 36.4 Å². The van der Waals surface area contributed by atoms with Crippen LogP contribution in [0.4, 0.5) is 11.6 Å². The molecule has 1 aromatic heterocycles. The number of amides is 1. The Balaban J connectivity index is 1.63. The van der Waals surface area contributed by atoms with E-state index in [-0.39, 0.29) is 17.3 Å². The largest absolute Gasteiger partial charge is 0.497 e. The predicted octanol–water partition coefficient (Wildman–Crippen LogP) is 5.23. The van der Waals surface area contributed by atoms with Gasteiger partial charge in [0.15, 0.2) is 0 Å². The Morgan fingerprint density at radius 3 is 2.43 bits per heavy atom. The van der Waals surface area contributed by atoms with Gasteiger partial charge < -0.3 is 4.74 Å². The number of rotatable bonds is 5. The van der Waals surface area contributed by atoms with Gasteiger partial charge in [-0.1, -0.05) is 41.9 Å². The van der Waals surface area contributed by atoms with Gasteiger partial charge in [0, 0.05) is 22.7 Å². The number of nitro groups is 1. The third kappa shape index (κ3) is 4.22. The number of anilines is 1. The van der Waals surface area contributed by atoms with Crippen LogP contribution in [0, 0.1) is 10.1 Å². The molecule has 10 heteroatoms. The fraction of sp³-hybridized carbons (Fsp3) is 0.160. The number of fused-ring (bicyclic) bond motifs is 1. The van der Waals surface area contributed by atoms with E-state index in [9.17, 15) is 14.9 Å². The molecule has 9 nitrogen and oxygen atoms in total. The summed E-state index contributed by atoms with van der Waals surface area (Å²) in [5, 5.41) is 16.3. The van der Waals surface area contributed by atoms with Crippen LogP contribution >= 0.6 is 11.6 Å². The average Bonchev–Trinajstić information content (AvgIpc) is 3.38. The summed E-state index contributed by atoms with van der Waals surface area (Å²) in [6.45, 7) is 0. The smallest absolute Gasteiger partial charge is 0.270 e. The monoisotopic (exact) mass is 489 g/mol. The maximum atomic E-state index is 13.8. The second-order valence-corrected chi connectivity index (χ2v) is 8.52. The maximum Gasteiger partial charge on any atom is 0.270 e. The van der Waals surface area contributed by atoms with Crippen LogP contribution in [0.25, 0.3) is 0 Å². The summed E-state index contributed by atoms with van der Waals surface area (Å²) >= 11 is 6.13. The van der Waals surface area contributed by atoms with Crippen molar-refractivity contribution in [1.29, 1.82) is 0 Å². The fourth-order valence-electron chi connectivity index (χ4n) is 4.39. The van der Waals surface area contributed by atoms with Gasteiger partial charge in [-0.15, -0.1) is 0 Å². The van der Waals surface area contributed by atoms with E-state index in [1.54, 1.807) is 34.9 Å². The molecule has 35 heavy (non-hydrogen) atoms. The summed E-state index contributed by atoms with van der Waals surface area (Å²) < 4.78 is 7.00. The van der Waals surface area contributed by atoms with Crippen LogP contribution in [-0.2, 0) is 0 Å².